The normalized spacial score (nSPS) is 11.3. The molecule has 2 heterocycles. The van der Waals surface area contributed by atoms with Gasteiger partial charge in [0, 0.05) is 21.2 Å². The number of benzene rings is 8. The van der Waals surface area contributed by atoms with Crippen LogP contribution in [-0.4, -0.2) is 9.97 Å². The average molecular weight is 719 g/mol. The highest BCUT2D eigenvalue weighted by atomic mass is 32.1. The Balaban J connectivity index is 1.14. The van der Waals surface area contributed by atoms with Gasteiger partial charge in [-0.3, -0.25) is 0 Å². The molecule has 2 nitrogen and oxygen atoms in total. The fraction of sp³-hybridized carbons (Fsp3) is 0. The molecule has 0 bridgehead atoms. The van der Waals surface area contributed by atoms with Gasteiger partial charge in [0.05, 0.1) is 15.9 Å². The van der Waals surface area contributed by atoms with E-state index < -0.39 is 0 Å². The standard InChI is InChI=1S/C52H34N2S/c1-4-15-35(16-5-1)38-21-12-23-40(29-38)44-32-45(41-24-13-22-39(30-41)36-17-6-2-7-18-36)34-46(33-44)42-25-14-26-43(31-42)52-53-49(37-19-8-3-9-20-37)51-50(54-52)47-27-10-11-28-48(47)55-51/h1-34H. The predicted octanol–water partition coefficient (Wildman–Crippen LogP) is 14.5. The Bertz CT molecular complexity index is 2870. The summed E-state index contributed by atoms with van der Waals surface area (Å²) in [7, 11) is 0. The number of rotatable bonds is 7. The summed E-state index contributed by atoms with van der Waals surface area (Å²) >= 11 is 1.76. The molecular formula is C52H34N2S. The van der Waals surface area contributed by atoms with E-state index >= 15 is 0 Å². The first-order valence-corrected chi connectivity index (χ1v) is 19.4. The first-order valence-electron chi connectivity index (χ1n) is 18.6. The van der Waals surface area contributed by atoms with Crippen molar-refractivity contribution in [2.24, 2.45) is 0 Å². The molecule has 0 saturated heterocycles. The number of fused-ring (bicyclic) bond motifs is 3. The van der Waals surface area contributed by atoms with E-state index in [-0.39, 0.29) is 0 Å². The van der Waals surface area contributed by atoms with Gasteiger partial charge in [0.25, 0.3) is 0 Å². The van der Waals surface area contributed by atoms with Crippen LogP contribution in [0.1, 0.15) is 0 Å². The zero-order valence-corrected chi connectivity index (χ0v) is 30.7. The summed E-state index contributed by atoms with van der Waals surface area (Å²) in [4.78, 5) is 10.5. The molecule has 0 spiro atoms. The van der Waals surface area contributed by atoms with Gasteiger partial charge in [-0.05, 0) is 98.1 Å². The molecule has 0 fully saturated rings. The molecule has 0 aliphatic carbocycles. The number of nitrogens with zero attached hydrogens (tertiary/aromatic N) is 2. The Labute approximate surface area is 324 Å². The van der Waals surface area contributed by atoms with Gasteiger partial charge < -0.3 is 0 Å². The van der Waals surface area contributed by atoms with Crippen LogP contribution < -0.4 is 0 Å². The van der Waals surface area contributed by atoms with Crippen LogP contribution in [0.3, 0.4) is 0 Å². The quantitative estimate of drug-likeness (QED) is 0.164. The van der Waals surface area contributed by atoms with Crippen molar-refractivity contribution < 1.29 is 0 Å². The van der Waals surface area contributed by atoms with Gasteiger partial charge in [0.15, 0.2) is 5.82 Å². The number of aromatic nitrogens is 2. The van der Waals surface area contributed by atoms with Crippen LogP contribution in [0.25, 0.3) is 98.6 Å². The van der Waals surface area contributed by atoms with Crippen molar-refractivity contribution in [1.29, 1.82) is 0 Å². The summed E-state index contributed by atoms with van der Waals surface area (Å²) in [5, 5.41) is 1.16. The molecule has 258 valence electrons. The minimum absolute atomic E-state index is 0.722. The van der Waals surface area contributed by atoms with Crippen LogP contribution in [0, 0.1) is 0 Å². The highest BCUT2D eigenvalue weighted by Crippen LogP contribution is 2.41. The third kappa shape index (κ3) is 6.41. The molecule has 0 N–H and O–H groups in total. The SMILES string of the molecule is c1ccc(-c2cccc(-c3cc(-c4cccc(-c5ccccc5)c4)cc(-c4cccc(-c5nc(-c6ccccc6)c6sc7ccccc7c6n5)c4)c3)c2)cc1. The lowest BCUT2D eigenvalue weighted by Crippen LogP contribution is -1.94. The monoisotopic (exact) mass is 718 g/mol. The molecule has 55 heavy (non-hydrogen) atoms. The second-order valence-corrected chi connectivity index (χ2v) is 14.9. The van der Waals surface area contributed by atoms with E-state index in [1.165, 1.54) is 38.1 Å². The lowest BCUT2D eigenvalue weighted by Gasteiger charge is -2.14. The summed E-state index contributed by atoms with van der Waals surface area (Å²) in [5.74, 6) is 0.722. The van der Waals surface area contributed by atoms with Gasteiger partial charge in [0.2, 0.25) is 0 Å². The Kier molecular flexibility index (Phi) is 8.40. The predicted molar refractivity (Wildman–Crippen MR) is 233 cm³/mol. The maximum atomic E-state index is 5.28. The minimum atomic E-state index is 0.722. The number of hydrogen-bond donors (Lipinski definition) is 0. The van der Waals surface area contributed by atoms with Crippen LogP contribution in [0.15, 0.2) is 206 Å². The summed E-state index contributed by atoms with van der Waals surface area (Å²) in [6.45, 7) is 0. The van der Waals surface area contributed by atoms with E-state index in [0.717, 1.165) is 60.5 Å². The third-order valence-electron chi connectivity index (χ3n) is 10.3. The van der Waals surface area contributed by atoms with Crippen LogP contribution in [0.4, 0.5) is 0 Å². The van der Waals surface area contributed by atoms with Crippen molar-refractivity contribution in [2.75, 3.05) is 0 Å². The second kappa shape index (κ2) is 14.1. The molecule has 0 atom stereocenters. The van der Waals surface area contributed by atoms with Crippen molar-refractivity contribution >= 4 is 31.6 Å². The van der Waals surface area contributed by atoms with Crippen molar-refractivity contribution in [2.45, 2.75) is 0 Å². The fourth-order valence-electron chi connectivity index (χ4n) is 7.49. The van der Waals surface area contributed by atoms with Crippen LogP contribution in [0.2, 0.25) is 0 Å². The minimum Gasteiger partial charge on any atom is -0.226 e. The zero-order chi connectivity index (χ0) is 36.6. The van der Waals surface area contributed by atoms with E-state index in [4.69, 9.17) is 9.97 Å². The smallest absolute Gasteiger partial charge is 0.160 e. The van der Waals surface area contributed by atoms with Crippen LogP contribution in [-0.2, 0) is 0 Å². The average Bonchev–Trinajstić information content (AvgIpc) is 3.66. The van der Waals surface area contributed by atoms with Gasteiger partial charge in [-0.25, -0.2) is 9.97 Å². The van der Waals surface area contributed by atoms with Gasteiger partial charge in [-0.1, -0.05) is 164 Å². The van der Waals surface area contributed by atoms with E-state index in [1.54, 1.807) is 11.3 Å². The lowest BCUT2D eigenvalue weighted by atomic mass is 9.91. The number of hydrogen-bond acceptors (Lipinski definition) is 3. The molecule has 0 aliphatic heterocycles. The first kappa shape index (κ1) is 32.7. The Morgan fingerprint density at radius 3 is 1.20 bits per heavy atom. The van der Waals surface area contributed by atoms with Gasteiger partial charge in [-0.2, -0.15) is 0 Å². The molecule has 10 aromatic rings. The Morgan fingerprint density at radius 1 is 0.291 bits per heavy atom. The molecule has 8 aromatic carbocycles. The van der Waals surface area contributed by atoms with E-state index in [9.17, 15) is 0 Å². The van der Waals surface area contributed by atoms with Crippen molar-refractivity contribution in [3.05, 3.63) is 206 Å². The van der Waals surface area contributed by atoms with E-state index in [2.05, 4.69) is 206 Å². The fourth-order valence-corrected chi connectivity index (χ4v) is 8.65. The highest BCUT2D eigenvalue weighted by Gasteiger charge is 2.17. The Morgan fingerprint density at radius 2 is 0.673 bits per heavy atom. The number of thiophene rings is 1. The van der Waals surface area contributed by atoms with Gasteiger partial charge in [-0.15, -0.1) is 11.3 Å². The maximum Gasteiger partial charge on any atom is 0.160 e. The molecule has 3 heteroatoms. The molecule has 0 aliphatic rings. The molecule has 0 unspecified atom stereocenters. The van der Waals surface area contributed by atoms with Gasteiger partial charge in [0.1, 0.15) is 0 Å². The molecule has 0 amide bonds. The van der Waals surface area contributed by atoms with Crippen molar-refractivity contribution in [3.63, 3.8) is 0 Å². The molecule has 0 saturated carbocycles. The molecular weight excluding hydrogens is 685 g/mol. The topological polar surface area (TPSA) is 25.8 Å². The second-order valence-electron chi connectivity index (χ2n) is 13.8. The summed E-state index contributed by atoms with van der Waals surface area (Å²) < 4.78 is 2.33. The first-order chi connectivity index (χ1) is 27.2. The lowest BCUT2D eigenvalue weighted by molar-refractivity contribution is 1.24. The molecule has 0 radical (unpaired) electrons. The van der Waals surface area contributed by atoms with Crippen molar-refractivity contribution in [3.8, 4) is 78.3 Å². The van der Waals surface area contributed by atoms with Crippen molar-refractivity contribution in [1.82, 2.24) is 9.97 Å². The summed E-state index contributed by atoms with van der Waals surface area (Å²) in [6, 6.07) is 73.6. The zero-order valence-electron chi connectivity index (χ0n) is 29.9. The molecule has 10 rings (SSSR count). The third-order valence-corrected chi connectivity index (χ3v) is 11.4. The Hall–Kier alpha value is -6.94. The molecule has 2 aromatic heterocycles. The van der Waals surface area contributed by atoms with Crippen LogP contribution >= 0.6 is 11.3 Å². The van der Waals surface area contributed by atoms with Gasteiger partial charge >= 0.3 is 0 Å². The maximum absolute atomic E-state index is 5.28. The summed E-state index contributed by atoms with van der Waals surface area (Å²) in [5.41, 5.74) is 15.7. The highest BCUT2D eigenvalue weighted by molar-refractivity contribution is 7.26. The summed E-state index contributed by atoms with van der Waals surface area (Å²) in [6.07, 6.45) is 0. The largest absolute Gasteiger partial charge is 0.226 e. The van der Waals surface area contributed by atoms with E-state index in [1.807, 2.05) is 0 Å². The van der Waals surface area contributed by atoms with Crippen LogP contribution in [0.5, 0.6) is 0 Å². The van der Waals surface area contributed by atoms with E-state index in [0.29, 0.717) is 0 Å².